The predicted molar refractivity (Wildman–Crippen MR) is 115 cm³/mol. The van der Waals surface area contributed by atoms with Gasteiger partial charge in [0.2, 0.25) is 0 Å². The van der Waals surface area contributed by atoms with Crippen LogP contribution in [0.15, 0.2) is 6.20 Å². The van der Waals surface area contributed by atoms with E-state index >= 15 is 0 Å². The number of hydrogen-bond donors (Lipinski definition) is 0. The SMILES string of the molecule is COC(=O)CC(=O)C1CCc2nn(C(C)(C)CC(=O)OC)cc2C1.[3H-].[3H-].[3H-].[3H-].[3H-].[3H-].[3H-].[3H-].[3H-].[3H-].[3H-].[3H-].[3H-].[3H-].[3H-].[3H-].[3H-].[3H-].[3H-].[3H-].[3H-].[3H-].[3H-].[3H-].[3H-].[3H-].[3H-].[K+]. The minimum absolute atomic E-state index is 0. The number of fused-ring (bicyclic) bond motifs is 1. The second kappa shape index (κ2) is 9.41. The van der Waals surface area contributed by atoms with Crippen molar-refractivity contribution in [1.82, 2.24) is 9.78 Å². The smallest absolute Gasteiger partial charge is 1.00 e. The number of aryl methyl sites for hydroxylation is 1. The molecule has 0 spiro atoms. The first kappa shape index (κ1) is 22.5. The van der Waals surface area contributed by atoms with Crippen molar-refractivity contribution < 1.29 is 114 Å². The first-order chi connectivity index (χ1) is 11.3. The van der Waals surface area contributed by atoms with Crippen LogP contribution in [0.1, 0.15) is 82.9 Å². The van der Waals surface area contributed by atoms with Gasteiger partial charge in [-0.3, -0.25) is 19.1 Å². The van der Waals surface area contributed by atoms with Gasteiger partial charge in [0.15, 0.2) is 0 Å². The molecule has 1 heterocycles. The quantitative estimate of drug-likeness (QED) is 0.366. The fourth-order valence-electron chi connectivity index (χ4n) is 2.95. The number of esters is 2. The second-order valence-corrected chi connectivity index (χ2v) is 6.77. The maximum Gasteiger partial charge on any atom is 1.00 e. The van der Waals surface area contributed by atoms with Crippen LogP contribution in [0.3, 0.4) is 0 Å². The Morgan fingerprint density at radius 1 is 1.28 bits per heavy atom. The summed E-state index contributed by atoms with van der Waals surface area (Å²) < 4.78 is 11.1. The molecule has 0 aromatic carbocycles. The number of carbonyl (C=O) groups is 3. The standard InChI is InChI=1S/C17H24N2O5.K.27H/c1-17(2,9-16(22)24-4)19-10-12-7-11(5-6-13(12)18-19)14(20)8-15(21)23-3;;;;;;;;;;;;;;;;;;;;;;;;;;;;/h10-11H,5-9H2,1-4H3;;;;;;;;;;;;;;;;;;;;;;;;;;;;/q;+1;27*-1/i;;27*1+2. The predicted octanol–water partition coefficient (Wildman–Crippen LogP) is 1.46. The van der Waals surface area contributed by atoms with Crippen molar-refractivity contribution in [1.29, 1.82) is 0 Å². The molecule has 1 aliphatic rings. The third-order valence-corrected chi connectivity index (χ3v) is 4.50. The van der Waals surface area contributed by atoms with E-state index in [-0.39, 0.29) is 120 Å². The molecular weight excluding hydrogens is 351 g/mol. The minimum Gasteiger partial charge on any atom is -1.00 e. The van der Waals surface area contributed by atoms with Gasteiger partial charge in [-0.1, -0.05) is 0 Å². The van der Waals surface area contributed by atoms with Crippen LogP contribution in [0, 0.1) is 5.92 Å². The van der Waals surface area contributed by atoms with E-state index in [4.69, 9.17) is 4.74 Å². The molecule has 0 aliphatic heterocycles. The van der Waals surface area contributed by atoms with Crippen LogP contribution >= 0.6 is 0 Å². The number of Topliss-reactive ketones (excluding diaryl/α,β-unsaturated/α-hetero) is 1. The Bertz CT molecular complexity index is 705. The Kier molecular flexibility index (Phi) is 8.47. The Hall–Kier alpha value is -0.544. The summed E-state index contributed by atoms with van der Waals surface area (Å²) in [6, 6.07) is 0. The van der Waals surface area contributed by atoms with Gasteiger partial charge in [-0.25, -0.2) is 0 Å². The first-order valence-corrected chi connectivity index (χ1v) is 8.01. The summed E-state index contributed by atoms with van der Waals surface area (Å²) in [4.78, 5) is 35.0. The van der Waals surface area contributed by atoms with Gasteiger partial charge >= 0.3 is 63.3 Å². The van der Waals surface area contributed by atoms with Crippen LogP contribution < -0.4 is 51.4 Å². The van der Waals surface area contributed by atoms with Crippen LogP contribution in [0.4, 0.5) is 0 Å². The van der Waals surface area contributed by atoms with Crippen molar-refractivity contribution in [3.8, 4) is 0 Å². The zero-order valence-corrected chi connectivity index (χ0v) is 18.7. The number of methoxy groups -OCH3 is 2. The van der Waals surface area contributed by atoms with Crippen LogP contribution in [-0.2, 0) is 42.2 Å². The third kappa shape index (κ3) is 5.72. The zero-order valence-electron chi connectivity index (χ0n) is 42.6. The van der Waals surface area contributed by atoms with E-state index in [0.29, 0.717) is 19.3 Å². The van der Waals surface area contributed by atoms with Crippen LogP contribution in [-0.4, -0.2) is 41.7 Å². The monoisotopic (exact) mass is 457 g/mol. The number of carbonyl (C=O) groups excluding carboxylic acids is 3. The van der Waals surface area contributed by atoms with E-state index in [1.165, 1.54) is 14.2 Å². The maximum absolute atomic E-state index is 12.2. The molecule has 0 amide bonds. The molecule has 2 rings (SSSR count). The minimum atomic E-state index is -0.504. The van der Waals surface area contributed by atoms with E-state index in [0.717, 1.165) is 11.3 Å². The molecule has 0 fully saturated rings. The Morgan fingerprint density at radius 2 is 1.92 bits per heavy atom. The number of aromatic nitrogens is 2. The van der Waals surface area contributed by atoms with Crippen molar-refractivity contribution in [3.63, 3.8) is 0 Å². The largest absolute Gasteiger partial charge is 1.00 e. The van der Waals surface area contributed by atoms with Gasteiger partial charge in [-0.05, 0) is 38.7 Å². The number of hydrogen-bond acceptors (Lipinski definition) is 6. The van der Waals surface area contributed by atoms with Gasteiger partial charge in [0.05, 0.1) is 31.9 Å². The molecule has 186 valence electrons. The van der Waals surface area contributed by atoms with Gasteiger partial charge in [0.25, 0.3) is 0 Å². The van der Waals surface area contributed by atoms with E-state index in [9.17, 15) is 14.4 Å². The normalized spacial score (nSPS) is 16.4. The third-order valence-electron chi connectivity index (χ3n) is 4.50. The molecule has 0 saturated heterocycles. The molecule has 0 saturated carbocycles. The summed E-state index contributed by atoms with van der Waals surface area (Å²) in [6.45, 7) is 3.84. The Morgan fingerprint density at radius 3 is 2.52 bits per heavy atom. The average molecular weight is 457 g/mol. The summed E-state index contributed by atoms with van der Waals surface area (Å²) >= 11 is 0. The Balaban J connectivity index is -0.00000000893. The van der Waals surface area contributed by atoms with E-state index in [1.54, 1.807) is 4.68 Å². The van der Waals surface area contributed by atoms with Gasteiger partial charge < -0.3 is 48.0 Å². The number of nitrogens with zero attached hydrogens (tertiary/aromatic N) is 2. The van der Waals surface area contributed by atoms with Crippen LogP contribution in [0.5, 0.6) is 0 Å². The topological polar surface area (TPSA) is 87.5 Å². The molecule has 0 bridgehead atoms. The maximum atomic E-state index is 12.2. The average Bonchev–Trinajstić information content (AvgIpc) is 2.98. The van der Waals surface area contributed by atoms with Gasteiger partial charge in [0, 0.05) is 12.1 Å². The fraction of sp³-hybridized carbons (Fsp3) is 0.647. The first-order valence-electron chi connectivity index (χ1n) is 8.01. The van der Waals surface area contributed by atoms with E-state index in [2.05, 4.69) is 9.84 Å². The van der Waals surface area contributed by atoms with Crippen molar-refractivity contribution in [2.45, 2.75) is 51.5 Å². The summed E-state index contributed by atoms with van der Waals surface area (Å²) in [5, 5.41) is 4.59. The van der Waals surface area contributed by atoms with Gasteiger partial charge in [0.1, 0.15) is 12.2 Å². The molecule has 0 N–H and O–H groups in total. The summed E-state index contributed by atoms with van der Waals surface area (Å²) in [5.74, 6) is -1.06. The van der Waals surface area contributed by atoms with Crippen molar-refractivity contribution in [2.75, 3.05) is 14.2 Å². The van der Waals surface area contributed by atoms with Crippen molar-refractivity contribution >= 4 is 17.7 Å². The van der Waals surface area contributed by atoms with Crippen LogP contribution in [0.2, 0.25) is 0 Å². The molecule has 1 atom stereocenters. The molecule has 8 heteroatoms. The van der Waals surface area contributed by atoms with Crippen LogP contribution in [0.25, 0.3) is 0 Å². The van der Waals surface area contributed by atoms with E-state index in [1.807, 2.05) is 20.0 Å². The molecule has 7 nitrogen and oxygen atoms in total. The Labute approximate surface area is 230 Å². The number of ether oxygens (including phenoxy) is 2. The fourth-order valence-corrected chi connectivity index (χ4v) is 2.95. The van der Waals surface area contributed by atoms with Crippen molar-refractivity contribution in [2.24, 2.45) is 5.92 Å². The molecule has 25 heavy (non-hydrogen) atoms. The number of rotatable bonds is 6. The molecule has 1 unspecified atom stereocenters. The molecule has 0 radical (unpaired) electrons. The van der Waals surface area contributed by atoms with E-state index < -0.39 is 11.5 Å². The molecular formula is C17H51KN2O5-26. The summed E-state index contributed by atoms with van der Waals surface area (Å²) in [5.41, 5.74) is 1.45. The zero-order chi connectivity index (χ0) is 17.9. The van der Waals surface area contributed by atoms with Crippen molar-refractivity contribution in [3.05, 3.63) is 17.5 Å². The second-order valence-electron chi connectivity index (χ2n) is 6.77. The molecule has 1 aromatic rings. The summed E-state index contributed by atoms with van der Waals surface area (Å²) in [6.07, 6.45) is 3.87. The number of ketones is 1. The summed E-state index contributed by atoms with van der Waals surface area (Å²) in [7, 11) is 2.64. The molecule has 1 aliphatic carbocycles. The van der Waals surface area contributed by atoms with Gasteiger partial charge in [-0.2, -0.15) is 5.10 Å². The molecule has 1 aromatic heterocycles. The van der Waals surface area contributed by atoms with Gasteiger partial charge in [-0.15, -0.1) is 0 Å².